The van der Waals surface area contributed by atoms with Crippen LogP contribution in [-0.4, -0.2) is 0 Å². The van der Waals surface area contributed by atoms with Gasteiger partial charge in [-0.1, -0.05) is 139 Å². The van der Waals surface area contributed by atoms with E-state index in [0.717, 1.165) is 0 Å². The molecule has 0 atom stereocenters. The van der Waals surface area contributed by atoms with Gasteiger partial charge >= 0.3 is 0 Å². The Balaban J connectivity index is 1.06. The van der Waals surface area contributed by atoms with Crippen LogP contribution in [0.1, 0.15) is 74.9 Å². The Bertz CT molecular complexity index is 2670. The summed E-state index contributed by atoms with van der Waals surface area (Å²) in [6.45, 7) is 14.4. The van der Waals surface area contributed by atoms with Crippen LogP contribution < -0.4 is 0 Å². The van der Waals surface area contributed by atoms with E-state index in [1.54, 1.807) is 0 Å². The van der Waals surface area contributed by atoms with Gasteiger partial charge in [-0.2, -0.15) is 0 Å². The highest BCUT2D eigenvalue weighted by atomic mass is 14.4. The molecule has 0 aromatic heterocycles. The van der Waals surface area contributed by atoms with Gasteiger partial charge in [0.15, 0.2) is 0 Å². The molecule has 4 aliphatic carbocycles. The van der Waals surface area contributed by atoms with Crippen LogP contribution in [0.2, 0.25) is 0 Å². The van der Waals surface area contributed by atoms with Crippen molar-refractivity contribution in [1.29, 1.82) is 0 Å². The topological polar surface area (TPSA) is 0 Å². The fourth-order valence-corrected chi connectivity index (χ4v) is 10.4. The van der Waals surface area contributed by atoms with Crippen LogP contribution in [-0.2, 0) is 16.2 Å². The molecule has 11 rings (SSSR count). The second-order valence-corrected chi connectivity index (χ2v) is 16.5. The maximum atomic E-state index is 2.54. The standard InChI is InChI=1S/C49H38/c1-47(2)40-14-10-8-12-30(40)33-19-20-34-37-26-44-38(25-36(37)35-21-22-41(47)46(33)45(34)35)32-18-16-28(24-43(32)49(44,5)6)27-15-17-31-29-11-7-9-13-39(29)48(3,4)42(31)23-27/h7-26H,1-6H3. The molecule has 0 saturated heterocycles. The Kier molecular flexibility index (Phi) is 4.91. The van der Waals surface area contributed by atoms with Gasteiger partial charge in [-0.05, 0) is 135 Å². The second kappa shape index (κ2) is 8.68. The Morgan fingerprint density at radius 3 is 1.31 bits per heavy atom. The Hall–Kier alpha value is -5.20. The second-order valence-electron chi connectivity index (χ2n) is 16.5. The molecule has 4 aliphatic rings. The van der Waals surface area contributed by atoms with Crippen molar-refractivity contribution >= 4 is 10.8 Å². The summed E-state index contributed by atoms with van der Waals surface area (Å²) in [4.78, 5) is 0. The van der Waals surface area contributed by atoms with Gasteiger partial charge in [0.1, 0.15) is 0 Å². The van der Waals surface area contributed by atoms with E-state index in [9.17, 15) is 0 Å². The molecule has 0 unspecified atom stereocenters. The maximum absolute atomic E-state index is 2.54. The molecule has 7 aromatic carbocycles. The Morgan fingerprint density at radius 2 is 0.673 bits per heavy atom. The summed E-state index contributed by atoms with van der Waals surface area (Å²) < 4.78 is 0. The summed E-state index contributed by atoms with van der Waals surface area (Å²) in [5.41, 5.74) is 24.8. The van der Waals surface area contributed by atoms with E-state index in [4.69, 9.17) is 0 Å². The fourth-order valence-electron chi connectivity index (χ4n) is 10.4. The summed E-state index contributed by atoms with van der Waals surface area (Å²) >= 11 is 0. The lowest BCUT2D eigenvalue weighted by Gasteiger charge is -2.35. The largest absolute Gasteiger partial charge is 0.0619 e. The van der Waals surface area contributed by atoms with Crippen LogP contribution in [0.15, 0.2) is 121 Å². The minimum atomic E-state index is -0.104. The van der Waals surface area contributed by atoms with Gasteiger partial charge in [0.2, 0.25) is 0 Å². The average molecular weight is 627 g/mol. The molecule has 0 aliphatic heterocycles. The van der Waals surface area contributed by atoms with Crippen molar-refractivity contribution in [2.24, 2.45) is 0 Å². The van der Waals surface area contributed by atoms with E-state index in [0.29, 0.717) is 0 Å². The highest BCUT2D eigenvalue weighted by Gasteiger charge is 2.40. The molecule has 0 spiro atoms. The van der Waals surface area contributed by atoms with Crippen molar-refractivity contribution in [3.8, 4) is 66.8 Å². The quantitative estimate of drug-likeness (QED) is 0.170. The highest BCUT2D eigenvalue weighted by molar-refractivity contribution is 6.21. The Morgan fingerprint density at radius 1 is 0.265 bits per heavy atom. The molecule has 0 saturated carbocycles. The molecule has 0 heterocycles. The van der Waals surface area contributed by atoms with E-state index in [1.807, 2.05) is 0 Å². The first-order valence-corrected chi connectivity index (χ1v) is 17.9. The predicted octanol–water partition coefficient (Wildman–Crippen LogP) is 13.1. The molecule has 49 heavy (non-hydrogen) atoms. The minimum Gasteiger partial charge on any atom is -0.0619 e. The molecular formula is C49H38. The number of hydrogen-bond donors (Lipinski definition) is 0. The summed E-state index contributed by atoms with van der Waals surface area (Å²) in [7, 11) is 0. The van der Waals surface area contributed by atoms with Gasteiger partial charge in [-0.3, -0.25) is 0 Å². The van der Waals surface area contributed by atoms with Crippen molar-refractivity contribution in [3.63, 3.8) is 0 Å². The van der Waals surface area contributed by atoms with Crippen molar-refractivity contribution in [3.05, 3.63) is 155 Å². The molecule has 0 bridgehead atoms. The highest BCUT2D eigenvalue weighted by Crippen LogP contribution is 2.59. The molecular weight excluding hydrogens is 589 g/mol. The predicted molar refractivity (Wildman–Crippen MR) is 207 cm³/mol. The molecule has 0 N–H and O–H groups in total. The zero-order chi connectivity index (χ0) is 33.2. The number of rotatable bonds is 1. The van der Waals surface area contributed by atoms with Crippen LogP contribution in [0.3, 0.4) is 0 Å². The van der Waals surface area contributed by atoms with Crippen LogP contribution >= 0.6 is 0 Å². The third kappa shape index (κ3) is 3.22. The zero-order valence-corrected chi connectivity index (χ0v) is 29.0. The van der Waals surface area contributed by atoms with Crippen LogP contribution in [0.5, 0.6) is 0 Å². The van der Waals surface area contributed by atoms with Crippen LogP contribution in [0.25, 0.3) is 77.5 Å². The lowest BCUT2D eigenvalue weighted by molar-refractivity contribution is 0.645. The molecule has 0 heteroatoms. The van der Waals surface area contributed by atoms with Gasteiger partial charge < -0.3 is 0 Å². The van der Waals surface area contributed by atoms with Crippen molar-refractivity contribution in [1.82, 2.24) is 0 Å². The van der Waals surface area contributed by atoms with Crippen LogP contribution in [0, 0.1) is 0 Å². The molecule has 0 radical (unpaired) electrons. The zero-order valence-electron chi connectivity index (χ0n) is 29.0. The van der Waals surface area contributed by atoms with E-state index in [-0.39, 0.29) is 16.2 Å². The molecule has 0 amide bonds. The summed E-state index contributed by atoms with van der Waals surface area (Å²) in [6.07, 6.45) is 0. The third-order valence-electron chi connectivity index (χ3n) is 13.0. The summed E-state index contributed by atoms with van der Waals surface area (Å²) in [5, 5.41) is 2.88. The normalized spacial score (nSPS) is 16.9. The van der Waals surface area contributed by atoms with Gasteiger partial charge in [-0.25, -0.2) is 0 Å². The van der Waals surface area contributed by atoms with Crippen molar-refractivity contribution in [2.45, 2.75) is 57.8 Å². The van der Waals surface area contributed by atoms with Gasteiger partial charge in [0.25, 0.3) is 0 Å². The fraction of sp³-hybridized carbons (Fsp3) is 0.184. The van der Waals surface area contributed by atoms with Gasteiger partial charge in [0.05, 0.1) is 0 Å². The Labute approximate surface area is 289 Å². The monoisotopic (exact) mass is 626 g/mol. The number of fused-ring (bicyclic) bond motifs is 11. The minimum absolute atomic E-state index is 0.00678. The molecule has 234 valence electrons. The lowest BCUT2D eigenvalue weighted by Crippen LogP contribution is -2.23. The summed E-state index contributed by atoms with van der Waals surface area (Å²) in [6, 6.07) is 47.0. The third-order valence-corrected chi connectivity index (χ3v) is 13.0. The number of hydrogen-bond acceptors (Lipinski definition) is 0. The van der Waals surface area contributed by atoms with E-state index in [2.05, 4.69) is 163 Å². The average Bonchev–Trinajstić information content (AvgIpc) is 3.64. The first-order valence-electron chi connectivity index (χ1n) is 17.9. The first-order chi connectivity index (χ1) is 23.6. The van der Waals surface area contributed by atoms with Crippen molar-refractivity contribution in [2.75, 3.05) is 0 Å². The molecule has 7 aromatic rings. The summed E-state index contributed by atoms with van der Waals surface area (Å²) in [5.74, 6) is 0. The first kappa shape index (κ1) is 27.7. The van der Waals surface area contributed by atoms with Gasteiger partial charge in [0, 0.05) is 16.2 Å². The molecule has 0 nitrogen and oxygen atoms in total. The molecule has 0 fully saturated rings. The smallest absolute Gasteiger partial charge is 0.0159 e. The van der Waals surface area contributed by atoms with Gasteiger partial charge in [-0.15, -0.1) is 0 Å². The maximum Gasteiger partial charge on any atom is 0.0159 e. The van der Waals surface area contributed by atoms with E-state index >= 15 is 0 Å². The van der Waals surface area contributed by atoms with E-state index in [1.165, 1.54) is 111 Å². The number of benzene rings is 7. The van der Waals surface area contributed by atoms with Crippen LogP contribution in [0.4, 0.5) is 0 Å². The van der Waals surface area contributed by atoms with E-state index < -0.39 is 0 Å². The van der Waals surface area contributed by atoms with Crippen molar-refractivity contribution < 1.29 is 0 Å². The SMILES string of the molecule is CC1(C)c2ccccc2-c2ccc(-c3ccc4c(c3)C(C)(C)c3cc5c(cc3-4)-c3ccc4c6c(ccc-5c36)-c3ccccc3C4(C)C)cc21. The lowest BCUT2D eigenvalue weighted by atomic mass is 9.68.